The molecule has 0 radical (unpaired) electrons. The fourth-order valence-electron chi connectivity index (χ4n) is 5.23. The van der Waals surface area contributed by atoms with Crippen LogP contribution in [0.5, 0.6) is 0 Å². The molecule has 32 heavy (non-hydrogen) atoms. The summed E-state index contributed by atoms with van der Waals surface area (Å²) >= 11 is 0. The smallest absolute Gasteiger partial charge is 0.0548 e. The Morgan fingerprint density at radius 1 is 0.312 bits per heavy atom. The van der Waals surface area contributed by atoms with Gasteiger partial charge in [-0.1, -0.05) is 72.8 Å². The van der Waals surface area contributed by atoms with Gasteiger partial charge < -0.3 is 9.13 Å². The van der Waals surface area contributed by atoms with Crippen molar-refractivity contribution in [2.75, 3.05) is 0 Å². The summed E-state index contributed by atoms with van der Waals surface area (Å²) in [5.74, 6) is 0. The second-order valence-electron chi connectivity index (χ2n) is 8.23. The molecular formula is C30H20N2. The summed E-state index contributed by atoms with van der Waals surface area (Å²) in [5, 5.41) is 5.20. The molecule has 0 aliphatic rings. The second-order valence-corrected chi connectivity index (χ2v) is 8.23. The van der Waals surface area contributed by atoms with Crippen LogP contribution in [0.1, 0.15) is 0 Å². The van der Waals surface area contributed by atoms with Crippen LogP contribution in [-0.2, 0) is 0 Å². The number of hydrogen-bond acceptors (Lipinski definition) is 0. The Kier molecular flexibility index (Phi) is 3.58. The molecule has 0 saturated carbocycles. The van der Waals surface area contributed by atoms with Gasteiger partial charge in [0.25, 0.3) is 0 Å². The Hall–Kier alpha value is -4.30. The zero-order valence-electron chi connectivity index (χ0n) is 17.4. The summed E-state index contributed by atoms with van der Waals surface area (Å²) in [6, 6.07) is 43.4. The SMILES string of the molecule is c1ccc(-n2c3ccccc3c3c4c5ccccc5n(-c5ccccc5)c4ccc32)cc1. The molecule has 7 rings (SSSR count). The number of fused-ring (bicyclic) bond motifs is 7. The molecule has 0 spiro atoms. The Morgan fingerprint density at radius 2 is 0.688 bits per heavy atom. The van der Waals surface area contributed by atoms with Gasteiger partial charge in [0, 0.05) is 32.9 Å². The topological polar surface area (TPSA) is 9.86 Å². The van der Waals surface area contributed by atoms with Crippen molar-refractivity contribution in [3.63, 3.8) is 0 Å². The summed E-state index contributed by atoms with van der Waals surface area (Å²) < 4.78 is 4.78. The van der Waals surface area contributed by atoms with Gasteiger partial charge in [0.05, 0.1) is 22.1 Å². The highest BCUT2D eigenvalue weighted by molar-refractivity contribution is 6.28. The molecule has 7 aromatic rings. The van der Waals surface area contributed by atoms with Crippen LogP contribution in [0.2, 0.25) is 0 Å². The second kappa shape index (κ2) is 6.60. The summed E-state index contributed by atoms with van der Waals surface area (Å²) in [6.45, 7) is 0. The molecule has 5 aromatic carbocycles. The standard InChI is InChI=1S/C30H20N2/c1-3-11-21(12-4-1)31-25-17-9-7-15-23(25)29-27(31)19-20-28-30(29)24-16-8-10-18-26(24)32(28)22-13-5-2-6-14-22/h1-20H. The number of benzene rings is 5. The molecule has 0 atom stereocenters. The minimum atomic E-state index is 1.19. The van der Waals surface area contributed by atoms with Crippen LogP contribution >= 0.6 is 0 Å². The van der Waals surface area contributed by atoms with Gasteiger partial charge >= 0.3 is 0 Å². The van der Waals surface area contributed by atoms with Gasteiger partial charge in [-0.05, 0) is 48.5 Å². The fourth-order valence-corrected chi connectivity index (χ4v) is 5.23. The van der Waals surface area contributed by atoms with E-state index in [1.54, 1.807) is 0 Å². The lowest BCUT2D eigenvalue weighted by Gasteiger charge is -2.09. The highest BCUT2D eigenvalue weighted by atomic mass is 15.0. The molecule has 0 aliphatic carbocycles. The van der Waals surface area contributed by atoms with Crippen molar-refractivity contribution in [1.29, 1.82) is 0 Å². The van der Waals surface area contributed by atoms with Crippen LogP contribution in [-0.4, -0.2) is 9.13 Å². The first-order chi connectivity index (χ1) is 15.9. The fraction of sp³-hybridized carbons (Fsp3) is 0. The summed E-state index contributed by atoms with van der Waals surface area (Å²) in [5.41, 5.74) is 7.31. The third-order valence-corrected chi connectivity index (χ3v) is 6.50. The molecule has 0 aliphatic heterocycles. The highest BCUT2D eigenvalue weighted by Gasteiger charge is 2.19. The van der Waals surface area contributed by atoms with E-state index in [1.807, 2.05) is 0 Å². The zero-order valence-corrected chi connectivity index (χ0v) is 17.4. The first-order valence-electron chi connectivity index (χ1n) is 11.0. The van der Waals surface area contributed by atoms with E-state index in [0.29, 0.717) is 0 Å². The quantitative estimate of drug-likeness (QED) is 0.275. The van der Waals surface area contributed by atoms with Gasteiger partial charge in [-0.3, -0.25) is 0 Å². The third-order valence-electron chi connectivity index (χ3n) is 6.50. The van der Waals surface area contributed by atoms with E-state index in [4.69, 9.17) is 0 Å². The molecule has 2 heterocycles. The lowest BCUT2D eigenvalue weighted by atomic mass is 10.1. The number of aromatic nitrogens is 2. The van der Waals surface area contributed by atoms with Crippen molar-refractivity contribution in [2.24, 2.45) is 0 Å². The van der Waals surface area contributed by atoms with E-state index in [2.05, 4.69) is 130 Å². The molecular weight excluding hydrogens is 388 g/mol. The van der Waals surface area contributed by atoms with Crippen molar-refractivity contribution in [3.8, 4) is 11.4 Å². The molecule has 0 amide bonds. The average Bonchev–Trinajstić information content (AvgIpc) is 3.38. The Bertz CT molecular complexity index is 1620. The number of para-hydroxylation sites is 4. The monoisotopic (exact) mass is 408 g/mol. The highest BCUT2D eigenvalue weighted by Crippen LogP contribution is 2.41. The van der Waals surface area contributed by atoms with Crippen LogP contribution in [0, 0.1) is 0 Å². The molecule has 2 nitrogen and oxygen atoms in total. The van der Waals surface area contributed by atoms with E-state index < -0.39 is 0 Å². The number of hydrogen-bond donors (Lipinski definition) is 0. The van der Waals surface area contributed by atoms with Crippen molar-refractivity contribution >= 4 is 43.6 Å². The molecule has 0 bridgehead atoms. The minimum Gasteiger partial charge on any atom is -0.309 e. The summed E-state index contributed by atoms with van der Waals surface area (Å²) in [4.78, 5) is 0. The van der Waals surface area contributed by atoms with Crippen molar-refractivity contribution in [3.05, 3.63) is 121 Å². The van der Waals surface area contributed by atoms with Gasteiger partial charge in [0.1, 0.15) is 0 Å². The molecule has 0 unspecified atom stereocenters. The van der Waals surface area contributed by atoms with Crippen molar-refractivity contribution < 1.29 is 0 Å². The maximum absolute atomic E-state index is 2.39. The van der Waals surface area contributed by atoms with Crippen LogP contribution in [0.25, 0.3) is 55.0 Å². The maximum atomic E-state index is 2.39. The third kappa shape index (κ3) is 2.29. The first-order valence-corrected chi connectivity index (χ1v) is 11.0. The van der Waals surface area contributed by atoms with Gasteiger partial charge in [0.2, 0.25) is 0 Å². The van der Waals surface area contributed by atoms with Crippen LogP contribution in [0.15, 0.2) is 121 Å². The zero-order chi connectivity index (χ0) is 21.1. The van der Waals surface area contributed by atoms with Crippen LogP contribution in [0.3, 0.4) is 0 Å². The first kappa shape index (κ1) is 17.4. The van der Waals surface area contributed by atoms with E-state index in [1.165, 1.54) is 55.0 Å². The van der Waals surface area contributed by atoms with E-state index in [0.717, 1.165) is 0 Å². The van der Waals surface area contributed by atoms with Gasteiger partial charge in [-0.2, -0.15) is 0 Å². The molecule has 0 saturated heterocycles. The number of rotatable bonds is 2. The lowest BCUT2D eigenvalue weighted by Crippen LogP contribution is -1.94. The summed E-state index contributed by atoms with van der Waals surface area (Å²) in [6.07, 6.45) is 0. The predicted molar refractivity (Wildman–Crippen MR) is 135 cm³/mol. The Morgan fingerprint density at radius 3 is 1.12 bits per heavy atom. The van der Waals surface area contributed by atoms with Crippen molar-refractivity contribution in [1.82, 2.24) is 9.13 Å². The van der Waals surface area contributed by atoms with Gasteiger partial charge in [0.15, 0.2) is 0 Å². The van der Waals surface area contributed by atoms with E-state index in [9.17, 15) is 0 Å². The Balaban J connectivity index is 1.74. The molecule has 2 aromatic heterocycles. The molecule has 0 N–H and O–H groups in total. The van der Waals surface area contributed by atoms with Crippen LogP contribution in [0.4, 0.5) is 0 Å². The maximum Gasteiger partial charge on any atom is 0.0548 e. The predicted octanol–water partition coefficient (Wildman–Crippen LogP) is 7.88. The normalized spacial score (nSPS) is 11.8. The van der Waals surface area contributed by atoms with Crippen molar-refractivity contribution in [2.45, 2.75) is 0 Å². The largest absolute Gasteiger partial charge is 0.309 e. The molecule has 150 valence electrons. The van der Waals surface area contributed by atoms with E-state index >= 15 is 0 Å². The Labute approximate surface area is 185 Å². The summed E-state index contributed by atoms with van der Waals surface area (Å²) in [7, 11) is 0. The van der Waals surface area contributed by atoms with Gasteiger partial charge in [-0.25, -0.2) is 0 Å². The minimum absolute atomic E-state index is 1.19. The van der Waals surface area contributed by atoms with Gasteiger partial charge in [-0.15, -0.1) is 0 Å². The van der Waals surface area contributed by atoms with Crippen LogP contribution < -0.4 is 0 Å². The molecule has 2 heteroatoms. The number of nitrogens with zero attached hydrogens (tertiary/aromatic N) is 2. The molecule has 0 fully saturated rings. The lowest BCUT2D eigenvalue weighted by molar-refractivity contribution is 1.17. The van der Waals surface area contributed by atoms with E-state index in [-0.39, 0.29) is 0 Å². The average molecular weight is 409 g/mol.